The van der Waals surface area contributed by atoms with Crippen LogP contribution < -0.4 is 0 Å². The molecule has 10 heteroatoms. The zero-order valence-corrected chi connectivity index (χ0v) is 11.5. The summed E-state index contributed by atoms with van der Waals surface area (Å²) in [7, 11) is 0. The van der Waals surface area contributed by atoms with E-state index >= 15 is 0 Å². The lowest BCUT2D eigenvalue weighted by Gasteiger charge is -2.43. The lowest BCUT2D eigenvalue weighted by molar-refractivity contribution is -0.336. The van der Waals surface area contributed by atoms with E-state index in [4.69, 9.17) is 24.1 Å². The SMILES string of the molecule is OC[C@H]1O[C@@H](O[C@H]2[C@@H]3OC[C@H]2OC(O)[C@@H]3O)[C@H](O)[C@@H](O)[C@H]1O. The average Bonchev–Trinajstić information content (AvgIpc) is 2.82. The monoisotopic (exact) mass is 324 g/mol. The van der Waals surface area contributed by atoms with Gasteiger partial charge in [-0.1, -0.05) is 0 Å². The van der Waals surface area contributed by atoms with E-state index in [1.165, 1.54) is 0 Å². The van der Waals surface area contributed by atoms with E-state index in [0.29, 0.717) is 0 Å². The molecule has 0 aliphatic carbocycles. The Balaban J connectivity index is 1.70. The highest BCUT2D eigenvalue weighted by atomic mass is 16.7. The van der Waals surface area contributed by atoms with Crippen molar-refractivity contribution in [3.05, 3.63) is 0 Å². The summed E-state index contributed by atoms with van der Waals surface area (Å²) in [6, 6.07) is 0. The Labute approximate surface area is 125 Å². The van der Waals surface area contributed by atoms with E-state index in [0.717, 1.165) is 0 Å². The lowest BCUT2D eigenvalue weighted by Crippen LogP contribution is -2.62. The molecule has 3 saturated heterocycles. The highest BCUT2D eigenvalue weighted by Crippen LogP contribution is 2.33. The molecule has 3 fully saturated rings. The van der Waals surface area contributed by atoms with Crippen molar-refractivity contribution in [2.75, 3.05) is 13.2 Å². The summed E-state index contributed by atoms with van der Waals surface area (Å²) in [4.78, 5) is 0. The maximum Gasteiger partial charge on any atom is 0.187 e. The number of aliphatic hydroxyl groups excluding tert-OH is 6. The number of ether oxygens (including phenoxy) is 4. The third-order valence-electron chi connectivity index (χ3n) is 4.23. The van der Waals surface area contributed by atoms with Crippen molar-refractivity contribution >= 4 is 0 Å². The van der Waals surface area contributed by atoms with Crippen LogP contribution in [0.3, 0.4) is 0 Å². The van der Waals surface area contributed by atoms with Gasteiger partial charge in [0.2, 0.25) is 0 Å². The first-order valence-electron chi connectivity index (χ1n) is 7.03. The fourth-order valence-corrected chi connectivity index (χ4v) is 2.94. The Kier molecular flexibility index (Phi) is 4.67. The van der Waals surface area contributed by atoms with Gasteiger partial charge in [-0.05, 0) is 0 Å². The molecule has 6 N–H and O–H groups in total. The number of fused-ring (bicyclic) bond motifs is 2. The first-order chi connectivity index (χ1) is 10.4. The Morgan fingerprint density at radius 3 is 2.32 bits per heavy atom. The first kappa shape index (κ1) is 16.5. The van der Waals surface area contributed by atoms with Gasteiger partial charge in [0.15, 0.2) is 12.6 Å². The molecule has 0 aromatic rings. The quantitative estimate of drug-likeness (QED) is 0.299. The van der Waals surface area contributed by atoms with Crippen molar-refractivity contribution < 1.29 is 49.6 Å². The largest absolute Gasteiger partial charge is 0.394 e. The zero-order valence-electron chi connectivity index (χ0n) is 11.5. The van der Waals surface area contributed by atoms with Crippen LogP contribution in [-0.4, -0.2) is 105 Å². The summed E-state index contributed by atoms with van der Waals surface area (Å²) < 4.78 is 21.2. The molecule has 3 aliphatic rings. The molecule has 22 heavy (non-hydrogen) atoms. The highest BCUT2D eigenvalue weighted by molar-refractivity contribution is 4.97. The molecular formula is C12H20O10. The summed E-state index contributed by atoms with van der Waals surface area (Å²) >= 11 is 0. The van der Waals surface area contributed by atoms with Gasteiger partial charge in [0.05, 0.1) is 13.2 Å². The maximum absolute atomic E-state index is 9.93. The highest BCUT2D eigenvalue weighted by Gasteiger charge is 2.54. The topological polar surface area (TPSA) is 158 Å². The number of hydrogen-bond donors (Lipinski definition) is 6. The van der Waals surface area contributed by atoms with E-state index < -0.39 is 68.0 Å². The molecule has 0 aromatic carbocycles. The van der Waals surface area contributed by atoms with Gasteiger partial charge in [0.1, 0.15) is 48.8 Å². The van der Waals surface area contributed by atoms with Gasteiger partial charge in [-0.3, -0.25) is 0 Å². The molecule has 0 amide bonds. The third kappa shape index (κ3) is 2.65. The Morgan fingerprint density at radius 2 is 1.64 bits per heavy atom. The van der Waals surface area contributed by atoms with Gasteiger partial charge in [-0.2, -0.15) is 0 Å². The standard InChI is InChI=1S/C12H20O10/c13-1-3-5(14)6(15)7(16)12(21-3)22-9-4-2-19-10(9)8(17)11(18)20-4/h3-18H,1-2H2/t3-,4-,5+,6+,7-,8-,9-,10-,11?,12+/m1/s1. The van der Waals surface area contributed by atoms with Gasteiger partial charge >= 0.3 is 0 Å². The van der Waals surface area contributed by atoms with E-state index in [1.807, 2.05) is 0 Å². The molecule has 0 aromatic heterocycles. The Hall–Kier alpha value is -0.400. The average molecular weight is 324 g/mol. The molecule has 3 heterocycles. The van der Waals surface area contributed by atoms with Crippen LogP contribution in [0.2, 0.25) is 0 Å². The molecule has 1 unspecified atom stereocenters. The Morgan fingerprint density at radius 1 is 0.909 bits per heavy atom. The second-order valence-electron chi connectivity index (χ2n) is 5.65. The summed E-state index contributed by atoms with van der Waals surface area (Å²) in [5.74, 6) is 0. The molecule has 3 rings (SSSR count). The van der Waals surface area contributed by atoms with Gasteiger partial charge in [0, 0.05) is 0 Å². The molecule has 3 aliphatic heterocycles. The minimum Gasteiger partial charge on any atom is -0.394 e. The molecule has 0 radical (unpaired) electrons. The van der Waals surface area contributed by atoms with Crippen molar-refractivity contribution in [1.82, 2.24) is 0 Å². The van der Waals surface area contributed by atoms with Gasteiger partial charge in [0.25, 0.3) is 0 Å². The van der Waals surface area contributed by atoms with Gasteiger partial charge in [-0.25, -0.2) is 0 Å². The van der Waals surface area contributed by atoms with Crippen LogP contribution in [0.15, 0.2) is 0 Å². The van der Waals surface area contributed by atoms with Crippen LogP contribution >= 0.6 is 0 Å². The summed E-state index contributed by atoms with van der Waals surface area (Å²) in [6.07, 6.45) is -12.1. The third-order valence-corrected chi connectivity index (χ3v) is 4.23. The van der Waals surface area contributed by atoms with Crippen LogP contribution in [0, 0.1) is 0 Å². The van der Waals surface area contributed by atoms with Crippen molar-refractivity contribution in [2.24, 2.45) is 0 Å². The minimum absolute atomic E-state index is 0.0842. The molecule has 0 spiro atoms. The van der Waals surface area contributed by atoms with E-state index in [1.54, 1.807) is 0 Å². The van der Waals surface area contributed by atoms with Gasteiger partial charge < -0.3 is 49.6 Å². The molecular weight excluding hydrogens is 304 g/mol. The smallest absolute Gasteiger partial charge is 0.187 e. The normalized spacial score (nSPS) is 55.4. The van der Waals surface area contributed by atoms with Crippen LogP contribution in [0.1, 0.15) is 0 Å². The van der Waals surface area contributed by atoms with E-state index in [9.17, 15) is 25.5 Å². The lowest BCUT2D eigenvalue weighted by atomic mass is 9.98. The molecule has 0 saturated carbocycles. The fraction of sp³-hybridized carbons (Fsp3) is 1.00. The summed E-state index contributed by atoms with van der Waals surface area (Å²) in [5, 5.41) is 57.8. The number of hydrogen-bond acceptors (Lipinski definition) is 10. The second kappa shape index (κ2) is 6.24. The molecule has 10 atom stereocenters. The van der Waals surface area contributed by atoms with Crippen molar-refractivity contribution in [3.8, 4) is 0 Å². The van der Waals surface area contributed by atoms with Gasteiger partial charge in [-0.15, -0.1) is 0 Å². The second-order valence-corrected chi connectivity index (χ2v) is 5.65. The summed E-state index contributed by atoms with van der Waals surface area (Å²) in [5.41, 5.74) is 0. The van der Waals surface area contributed by atoms with E-state index in [-0.39, 0.29) is 6.61 Å². The summed E-state index contributed by atoms with van der Waals surface area (Å²) in [6.45, 7) is -0.489. The molecule has 128 valence electrons. The minimum atomic E-state index is -1.56. The predicted molar refractivity (Wildman–Crippen MR) is 65.3 cm³/mol. The van der Waals surface area contributed by atoms with Crippen LogP contribution in [0.5, 0.6) is 0 Å². The fourth-order valence-electron chi connectivity index (χ4n) is 2.94. The van der Waals surface area contributed by atoms with Crippen molar-refractivity contribution in [2.45, 2.75) is 61.4 Å². The van der Waals surface area contributed by atoms with Crippen LogP contribution in [0.25, 0.3) is 0 Å². The first-order valence-corrected chi connectivity index (χ1v) is 7.03. The zero-order chi connectivity index (χ0) is 16.0. The van der Waals surface area contributed by atoms with Crippen molar-refractivity contribution in [3.63, 3.8) is 0 Å². The molecule has 2 bridgehead atoms. The van der Waals surface area contributed by atoms with Crippen molar-refractivity contribution in [1.29, 1.82) is 0 Å². The maximum atomic E-state index is 9.93. The van der Waals surface area contributed by atoms with Crippen LogP contribution in [-0.2, 0) is 18.9 Å². The number of rotatable bonds is 3. The van der Waals surface area contributed by atoms with Crippen LogP contribution in [0.4, 0.5) is 0 Å². The van der Waals surface area contributed by atoms with E-state index in [2.05, 4.69) is 0 Å². The predicted octanol–water partition coefficient (Wildman–Crippen LogP) is -4.35. The number of aliphatic hydroxyl groups is 6. The Bertz CT molecular complexity index is 392. The molecule has 10 nitrogen and oxygen atoms in total.